The SMILES string of the molecule is C[C@H](c1ccccc1C1CNC1)n1c(=O)oc2cc(S(=O)(=O)Nc3cccc(F)n3)c(F)cc21. The maximum absolute atomic E-state index is 15.0. The predicted octanol–water partition coefficient (Wildman–Crippen LogP) is 3.36. The van der Waals surface area contributed by atoms with E-state index < -0.39 is 38.5 Å². The molecule has 11 heteroatoms. The van der Waals surface area contributed by atoms with Crippen LogP contribution in [0.4, 0.5) is 14.6 Å². The first-order chi connectivity index (χ1) is 16.2. The second kappa shape index (κ2) is 8.33. The topological polar surface area (TPSA) is 106 Å². The maximum Gasteiger partial charge on any atom is 0.420 e. The second-order valence-electron chi connectivity index (χ2n) is 8.10. The molecule has 1 saturated heterocycles. The monoisotopic (exact) mass is 486 g/mol. The van der Waals surface area contributed by atoms with Crippen molar-refractivity contribution in [3.05, 3.63) is 88.0 Å². The standard InChI is InChI=1S/C23H20F2N4O4S/c1-13(15-5-2-3-6-16(15)14-11-26-12-14)29-18-9-17(24)20(10-19(18)33-23(29)30)34(31,32)28-22-8-4-7-21(25)27-22/h2-10,13-14,26H,11-12H2,1H3,(H,27,28)/t13-/m1/s1. The first-order valence-electron chi connectivity index (χ1n) is 10.5. The summed E-state index contributed by atoms with van der Waals surface area (Å²) in [4.78, 5) is 15.4. The summed E-state index contributed by atoms with van der Waals surface area (Å²) in [6.07, 6.45) is 0. The minimum atomic E-state index is -4.47. The maximum atomic E-state index is 15.0. The van der Waals surface area contributed by atoms with Gasteiger partial charge in [0.25, 0.3) is 10.0 Å². The number of anilines is 1. The summed E-state index contributed by atoms with van der Waals surface area (Å²) in [6, 6.07) is 12.7. The molecule has 0 radical (unpaired) electrons. The molecule has 5 rings (SSSR count). The number of fused-ring (bicyclic) bond motifs is 1. The molecule has 2 aromatic carbocycles. The number of hydrogen-bond acceptors (Lipinski definition) is 6. The smallest absolute Gasteiger partial charge is 0.408 e. The highest BCUT2D eigenvalue weighted by Crippen LogP contribution is 2.32. The van der Waals surface area contributed by atoms with Crippen LogP contribution in [0.3, 0.4) is 0 Å². The summed E-state index contributed by atoms with van der Waals surface area (Å²) in [5.74, 6) is -2.73. The highest BCUT2D eigenvalue weighted by Gasteiger charge is 2.28. The molecule has 0 saturated carbocycles. The van der Waals surface area contributed by atoms with Gasteiger partial charge in [0.1, 0.15) is 16.5 Å². The number of aromatic nitrogens is 2. The molecule has 1 atom stereocenters. The minimum absolute atomic E-state index is 0.0892. The molecular formula is C23H20F2N4O4S. The van der Waals surface area contributed by atoms with Crippen LogP contribution in [0, 0.1) is 11.8 Å². The largest absolute Gasteiger partial charge is 0.420 e. The molecule has 0 spiro atoms. The number of pyridine rings is 1. The van der Waals surface area contributed by atoms with Crippen molar-refractivity contribution in [2.24, 2.45) is 0 Å². The van der Waals surface area contributed by atoms with Gasteiger partial charge in [-0.2, -0.15) is 4.39 Å². The number of nitrogens with one attached hydrogen (secondary N) is 2. The molecule has 3 heterocycles. The van der Waals surface area contributed by atoms with Gasteiger partial charge in [0, 0.05) is 31.1 Å². The Bertz CT molecular complexity index is 1560. The predicted molar refractivity (Wildman–Crippen MR) is 121 cm³/mol. The fourth-order valence-corrected chi connectivity index (χ4v) is 5.25. The van der Waals surface area contributed by atoms with E-state index in [9.17, 15) is 17.6 Å². The molecular weight excluding hydrogens is 466 g/mol. The number of hydrogen-bond donors (Lipinski definition) is 2. The minimum Gasteiger partial charge on any atom is -0.408 e. The summed E-state index contributed by atoms with van der Waals surface area (Å²) >= 11 is 0. The fourth-order valence-electron chi connectivity index (χ4n) is 4.18. The van der Waals surface area contributed by atoms with Gasteiger partial charge in [-0.3, -0.25) is 9.29 Å². The van der Waals surface area contributed by atoms with Crippen molar-refractivity contribution in [3.8, 4) is 0 Å². The first kappa shape index (κ1) is 22.2. The lowest BCUT2D eigenvalue weighted by Gasteiger charge is -2.31. The average molecular weight is 487 g/mol. The van der Waals surface area contributed by atoms with Crippen molar-refractivity contribution in [2.75, 3.05) is 17.8 Å². The number of oxazole rings is 1. The van der Waals surface area contributed by atoms with E-state index in [0.717, 1.165) is 42.4 Å². The van der Waals surface area contributed by atoms with Gasteiger partial charge < -0.3 is 9.73 Å². The molecule has 2 N–H and O–H groups in total. The van der Waals surface area contributed by atoms with E-state index in [0.29, 0.717) is 5.92 Å². The van der Waals surface area contributed by atoms with Gasteiger partial charge in [0.15, 0.2) is 5.58 Å². The zero-order chi connectivity index (χ0) is 24.0. The van der Waals surface area contributed by atoms with Crippen LogP contribution in [0.5, 0.6) is 0 Å². The van der Waals surface area contributed by atoms with E-state index >= 15 is 4.39 Å². The average Bonchev–Trinajstić information content (AvgIpc) is 3.06. The van der Waals surface area contributed by atoms with Gasteiger partial charge in [-0.05, 0) is 30.2 Å². The van der Waals surface area contributed by atoms with E-state index in [4.69, 9.17) is 4.42 Å². The van der Waals surface area contributed by atoms with E-state index in [-0.39, 0.29) is 16.9 Å². The van der Waals surface area contributed by atoms with E-state index in [1.807, 2.05) is 29.0 Å². The number of sulfonamides is 1. The molecule has 8 nitrogen and oxygen atoms in total. The Labute approximate surface area is 193 Å². The van der Waals surface area contributed by atoms with Crippen molar-refractivity contribution >= 4 is 26.9 Å². The lowest BCUT2D eigenvalue weighted by Crippen LogP contribution is -2.40. The van der Waals surface area contributed by atoms with E-state index in [1.165, 1.54) is 16.7 Å². The summed E-state index contributed by atoms with van der Waals surface area (Å²) in [5.41, 5.74) is 2.02. The van der Waals surface area contributed by atoms with Gasteiger partial charge in [-0.25, -0.2) is 22.6 Å². The normalized spacial score (nSPS) is 15.3. The molecule has 1 aliphatic heterocycles. The number of halogens is 2. The Morgan fingerprint density at radius 2 is 1.91 bits per heavy atom. The van der Waals surface area contributed by atoms with Gasteiger partial charge in [0.05, 0.1) is 11.6 Å². The second-order valence-corrected chi connectivity index (χ2v) is 9.75. The van der Waals surface area contributed by atoms with Gasteiger partial charge in [-0.1, -0.05) is 30.3 Å². The van der Waals surface area contributed by atoms with Crippen molar-refractivity contribution < 1.29 is 21.6 Å². The summed E-state index contributed by atoms with van der Waals surface area (Å²) in [6.45, 7) is 3.46. The highest BCUT2D eigenvalue weighted by molar-refractivity contribution is 7.92. The third kappa shape index (κ3) is 3.86. The van der Waals surface area contributed by atoms with Gasteiger partial charge >= 0.3 is 5.76 Å². The van der Waals surface area contributed by atoms with E-state index in [1.54, 1.807) is 6.92 Å². The van der Waals surface area contributed by atoms with E-state index in [2.05, 4.69) is 10.3 Å². The molecule has 176 valence electrons. The molecule has 0 bridgehead atoms. The van der Waals surface area contributed by atoms with Crippen molar-refractivity contribution in [3.63, 3.8) is 0 Å². The lowest BCUT2D eigenvalue weighted by molar-refractivity contribution is 0.438. The molecule has 4 aromatic rings. The number of nitrogens with zero attached hydrogens (tertiary/aromatic N) is 2. The molecule has 34 heavy (non-hydrogen) atoms. The Morgan fingerprint density at radius 1 is 1.15 bits per heavy atom. The van der Waals surface area contributed by atoms with Crippen molar-refractivity contribution in [1.29, 1.82) is 0 Å². The Balaban J connectivity index is 1.56. The molecule has 0 amide bonds. The van der Waals surface area contributed by atoms with Crippen LogP contribution in [-0.4, -0.2) is 31.1 Å². The van der Waals surface area contributed by atoms with Crippen LogP contribution in [0.15, 0.2) is 68.7 Å². The first-order valence-corrected chi connectivity index (χ1v) is 12.0. The van der Waals surface area contributed by atoms with Crippen molar-refractivity contribution in [1.82, 2.24) is 14.9 Å². The quantitative estimate of drug-likeness (QED) is 0.405. The molecule has 0 aliphatic carbocycles. The van der Waals surface area contributed by atoms with Gasteiger partial charge in [0.2, 0.25) is 5.95 Å². The molecule has 1 fully saturated rings. The molecule has 1 aliphatic rings. The van der Waals surface area contributed by atoms with Gasteiger partial charge in [-0.15, -0.1) is 0 Å². The third-order valence-corrected chi connectivity index (χ3v) is 7.33. The van der Waals surface area contributed by atoms with Crippen molar-refractivity contribution in [2.45, 2.75) is 23.8 Å². The molecule has 0 unspecified atom stereocenters. The Hall–Kier alpha value is -3.57. The summed E-state index contributed by atoms with van der Waals surface area (Å²) < 4.78 is 62.5. The fraction of sp³-hybridized carbons (Fsp3) is 0.217. The van der Waals surface area contributed by atoms with Crippen LogP contribution in [0.2, 0.25) is 0 Å². The van der Waals surface area contributed by atoms with Crippen LogP contribution in [0.1, 0.15) is 30.0 Å². The Morgan fingerprint density at radius 3 is 2.62 bits per heavy atom. The van der Waals surface area contributed by atoms with Crippen LogP contribution in [-0.2, 0) is 10.0 Å². The number of benzene rings is 2. The zero-order valence-corrected chi connectivity index (χ0v) is 18.8. The third-order valence-electron chi connectivity index (χ3n) is 5.97. The molecule has 2 aromatic heterocycles. The van der Waals surface area contributed by atoms with Crippen LogP contribution >= 0.6 is 0 Å². The Kier molecular flexibility index (Phi) is 5.45. The number of rotatable bonds is 6. The lowest BCUT2D eigenvalue weighted by atomic mass is 9.87. The van der Waals surface area contributed by atoms with Crippen LogP contribution in [0.25, 0.3) is 11.1 Å². The highest BCUT2D eigenvalue weighted by atomic mass is 32.2. The zero-order valence-electron chi connectivity index (χ0n) is 18.0. The van der Waals surface area contributed by atoms with Crippen LogP contribution < -0.4 is 15.8 Å². The summed E-state index contributed by atoms with van der Waals surface area (Å²) in [5, 5.41) is 3.23. The summed E-state index contributed by atoms with van der Waals surface area (Å²) in [7, 11) is -4.47.